The molecule has 0 aliphatic rings. The summed E-state index contributed by atoms with van der Waals surface area (Å²) in [4.78, 5) is 29.0. The fourth-order valence-corrected chi connectivity index (χ4v) is 1.36. The monoisotopic (exact) mass is 218 g/mol. The van der Waals surface area contributed by atoms with Gasteiger partial charge < -0.3 is 10.2 Å². The van der Waals surface area contributed by atoms with Gasteiger partial charge in [0.05, 0.1) is 11.1 Å². The van der Waals surface area contributed by atoms with Gasteiger partial charge in [-0.1, -0.05) is 0 Å². The number of hydrogen-bond donors (Lipinski definition) is 2. The predicted octanol–water partition coefficient (Wildman–Crippen LogP) is 1.03. The molecule has 6 heteroatoms. The van der Waals surface area contributed by atoms with Crippen LogP contribution in [0.5, 0.6) is 0 Å². The Hall–Kier alpha value is -2.50. The molecule has 2 rings (SSSR count). The predicted molar refractivity (Wildman–Crippen MR) is 53.5 cm³/mol. The third-order valence-corrected chi connectivity index (χ3v) is 2.09. The molecule has 2 aromatic rings. The van der Waals surface area contributed by atoms with Crippen molar-refractivity contribution >= 4 is 22.8 Å². The number of carboxylic acids is 2. The zero-order valence-electron chi connectivity index (χ0n) is 7.91. The third-order valence-electron chi connectivity index (χ3n) is 2.09. The van der Waals surface area contributed by atoms with Crippen LogP contribution in [0, 0.1) is 0 Å². The van der Waals surface area contributed by atoms with E-state index in [0.29, 0.717) is 10.9 Å². The maximum Gasteiger partial charge on any atom is 0.355 e. The molecule has 16 heavy (non-hydrogen) atoms. The van der Waals surface area contributed by atoms with Crippen LogP contribution in [-0.2, 0) is 0 Å². The van der Waals surface area contributed by atoms with E-state index in [1.54, 1.807) is 0 Å². The van der Waals surface area contributed by atoms with Crippen molar-refractivity contribution in [1.82, 2.24) is 9.97 Å². The summed E-state index contributed by atoms with van der Waals surface area (Å²) in [6, 6.07) is 4.02. The number of aromatic nitrogens is 2. The lowest BCUT2D eigenvalue weighted by molar-refractivity contribution is 0.0685. The van der Waals surface area contributed by atoms with Crippen LogP contribution in [0.15, 0.2) is 24.5 Å². The minimum Gasteiger partial charge on any atom is -0.478 e. The van der Waals surface area contributed by atoms with Crippen molar-refractivity contribution in [2.45, 2.75) is 0 Å². The van der Waals surface area contributed by atoms with Crippen molar-refractivity contribution < 1.29 is 19.8 Å². The Labute approximate surface area is 89.2 Å². The van der Waals surface area contributed by atoms with Gasteiger partial charge >= 0.3 is 11.9 Å². The molecule has 2 N–H and O–H groups in total. The van der Waals surface area contributed by atoms with E-state index in [-0.39, 0.29) is 11.3 Å². The van der Waals surface area contributed by atoms with Gasteiger partial charge in [0.2, 0.25) is 0 Å². The molecular weight excluding hydrogens is 212 g/mol. The molecule has 0 bridgehead atoms. The Balaban J connectivity index is 2.73. The van der Waals surface area contributed by atoms with Gasteiger partial charge in [-0.25, -0.2) is 19.6 Å². The largest absolute Gasteiger partial charge is 0.478 e. The average Bonchev–Trinajstić information content (AvgIpc) is 2.27. The topological polar surface area (TPSA) is 100 Å². The van der Waals surface area contributed by atoms with Gasteiger partial charge in [-0.2, -0.15) is 0 Å². The average molecular weight is 218 g/mol. The molecule has 0 radical (unpaired) electrons. The molecule has 0 saturated carbocycles. The standard InChI is InChI=1S/C10H6N2O4/c13-9(14)5-1-2-6-7(3-5)11-4-12-8(6)10(15)16/h1-4H,(H,13,14)(H,15,16). The smallest absolute Gasteiger partial charge is 0.355 e. The van der Waals surface area contributed by atoms with Gasteiger partial charge in [0.15, 0.2) is 5.69 Å². The number of hydrogen-bond acceptors (Lipinski definition) is 4. The number of aromatic carboxylic acids is 2. The van der Waals surface area contributed by atoms with E-state index in [1.807, 2.05) is 0 Å². The SMILES string of the molecule is O=C(O)c1ccc2c(C(=O)O)ncnc2c1. The maximum atomic E-state index is 10.8. The normalized spacial score (nSPS) is 10.2. The fraction of sp³-hybridized carbons (Fsp3) is 0. The first-order chi connectivity index (χ1) is 7.59. The second-order valence-corrected chi connectivity index (χ2v) is 3.06. The van der Waals surface area contributed by atoms with Crippen molar-refractivity contribution in [2.75, 3.05) is 0 Å². The first-order valence-electron chi connectivity index (χ1n) is 4.31. The van der Waals surface area contributed by atoms with Crippen LogP contribution in [0.1, 0.15) is 20.8 Å². The van der Waals surface area contributed by atoms with Gasteiger partial charge in [-0.3, -0.25) is 0 Å². The van der Waals surface area contributed by atoms with Crippen LogP contribution >= 0.6 is 0 Å². The van der Waals surface area contributed by atoms with Crippen LogP contribution in [0.3, 0.4) is 0 Å². The zero-order chi connectivity index (χ0) is 11.7. The first kappa shape index (κ1) is 10.0. The van der Waals surface area contributed by atoms with E-state index in [0.717, 1.165) is 6.33 Å². The van der Waals surface area contributed by atoms with Crippen molar-refractivity contribution in [2.24, 2.45) is 0 Å². The number of fused-ring (bicyclic) bond motifs is 1. The van der Waals surface area contributed by atoms with Crippen molar-refractivity contribution in [1.29, 1.82) is 0 Å². The highest BCUT2D eigenvalue weighted by Gasteiger charge is 2.12. The van der Waals surface area contributed by atoms with Gasteiger partial charge in [0, 0.05) is 5.39 Å². The highest BCUT2D eigenvalue weighted by Crippen LogP contribution is 2.16. The minimum atomic E-state index is -1.17. The third kappa shape index (κ3) is 1.56. The summed E-state index contributed by atoms with van der Waals surface area (Å²) in [7, 11) is 0. The molecule has 0 aliphatic heterocycles. The lowest BCUT2D eigenvalue weighted by Gasteiger charge is -2.01. The number of rotatable bonds is 2. The second-order valence-electron chi connectivity index (χ2n) is 3.06. The highest BCUT2D eigenvalue weighted by atomic mass is 16.4. The van der Waals surface area contributed by atoms with Crippen LogP contribution in [0.2, 0.25) is 0 Å². The molecule has 80 valence electrons. The summed E-state index contributed by atoms with van der Waals surface area (Å²) >= 11 is 0. The Bertz CT molecular complexity index is 594. The van der Waals surface area contributed by atoms with E-state index in [2.05, 4.69) is 9.97 Å². The molecular formula is C10H6N2O4. The number of carboxylic acid groups (broad SMARTS) is 2. The maximum absolute atomic E-state index is 10.8. The van der Waals surface area contributed by atoms with E-state index in [4.69, 9.17) is 10.2 Å². The van der Waals surface area contributed by atoms with Crippen molar-refractivity contribution in [3.05, 3.63) is 35.8 Å². The van der Waals surface area contributed by atoms with Gasteiger partial charge in [0.1, 0.15) is 6.33 Å². The number of nitrogens with zero attached hydrogens (tertiary/aromatic N) is 2. The van der Waals surface area contributed by atoms with Gasteiger partial charge in [-0.15, -0.1) is 0 Å². The molecule has 0 aliphatic carbocycles. The summed E-state index contributed by atoms with van der Waals surface area (Å²) in [5.74, 6) is -2.26. The Morgan fingerprint density at radius 2 is 1.81 bits per heavy atom. The molecule has 0 spiro atoms. The Morgan fingerprint density at radius 3 is 2.44 bits per heavy atom. The summed E-state index contributed by atoms with van der Waals surface area (Å²) in [6.07, 6.45) is 1.09. The Kier molecular flexibility index (Phi) is 2.24. The number of benzene rings is 1. The second kappa shape index (κ2) is 3.58. The van der Waals surface area contributed by atoms with E-state index >= 15 is 0 Å². The Morgan fingerprint density at radius 1 is 1.06 bits per heavy atom. The fourth-order valence-electron chi connectivity index (χ4n) is 1.36. The lowest BCUT2D eigenvalue weighted by Crippen LogP contribution is -2.03. The highest BCUT2D eigenvalue weighted by molar-refractivity contribution is 6.02. The van der Waals surface area contributed by atoms with Crippen LogP contribution in [0.25, 0.3) is 10.9 Å². The zero-order valence-corrected chi connectivity index (χ0v) is 7.91. The molecule has 1 heterocycles. The van der Waals surface area contributed by atoms with Crippen LogP contribution < -0.4 is 0 Å². The lowest BCUT2D eigenvalue weighted by atomic mass is 10.1. The molecule has 0 unspecified atom stereocenters. The molecule has 0 saturated heterocycles. The minimum absolute atomic E-state index is 0.0579. The van der Waals surface area contributed by atoms with E-state index in [1.165, 1.54) is 18.2 Å². The summed E-state index contributed by atoms with van der Waals surface area (Å²) in [5.41, 5.74) is 0.219. The van der Waals surface area contributed by atoms with Crippen molar-refractivity contribution in [3.8, 4) is 0 Å². The van der Waals surface area contributed by atoms with Crippen molar-refractivity contribution in [3.63, 3.8) is 0 Å². The first-order valence-corrected chi connectivity index (χ1v) is 4.31. The molecule has 1 aromatic carbocycles. The van der Waals surface area contributed by atoms with Gasteiger partial charge in [-0.05, 0) is 18.2 Å². The summed E-state index contributed by atoms with van der Waals surface area (Å²) < 4.78 is 0. The molecule has 0 amide bonds. The van der Waals surface area contributed by atoms with Gasteiger partial charge in [0.25, 0.3) is 0 Å². The molecule has 1 aromatic heterocycles. The molecule has 0 atom stereocenters. The quantitative estimate of drug-likeness (QED) is 0.780. The van der Waals surface area contributed by atoms with Crippen LogP contribution in [0.4, 0.5) is 0 Å². The van der Waals surface area contributed by atoms with Crippen LogP contribution in [-0.4, -0.2) is 32.1 Å². The molecule has 6 nitrogen and oxygen atoms in total. The summed E-state index contributed by atoms with van der Waals surface area (Å²) in [6.45, 7) is 0. The number of carbonyl (C=O) groups is 2. The molecule has 0 fully saturated rings. The van der Waals surface area contributed by atoms with E-state index < -0.39 is 11.9 Å². The van der Waals surface area contributed by atoms with E-state index in [9.17, 15) is 9.59 Å². The summed E-state index contributed by atoms with van der Waals surface area (Å²) in [5, 5.41) is 17.9.